The molecular formula is C15H21F2N3O2. The van der Waals surface area contributed by atoms with Crippen molar-refractivity contribution >= 4 is 11.7 Å². The van der Waals surface area contributed by atoms with E-state index in [9.17, 15) is 13.6 Å². The lowest BCUT2D eigenvalue weighted by atomic mass is 10.2. The zero-order valence-corrected chi connectivity index (χ0v) is 12.6. The molecule has 0 spiro atoms. The van der Waals surface area contributed by atoms with Gasteiger partial charge in [-0.05, 0) is 38.9 Å². The van der Waals surface area contributed by atoms with Crippen molar-refractivity contribution in [3.8, 4) is 5.75 Å². The number of rotatable bonds is 6. The van der Waals surface area contributed by atoms with E-state index in [2.05, 4.69) is 15.5 Å². The Morgan fingerprint density at radius 3 is 2.64 bits per heavy atom. The molecule has 122 valence electrons. The van der Waals surface area contributed by atoms with Gasteiger partial charge in [0.1, 0.15) is 5.75 Å². The molecule has 0 saturated carbocycles. The monoisotopic (exact) mass is 313 g/mol. The molecule has 1 aromatic carbocycles. The molecule has 1 aliphatic rings. The summed E-state index contributed by atoms with van der Waals surface area (Å²) in [6.45, 7) is 3.72. The number of hydrogen-bond donors (Lipinski definition) is 2. The van der Waals surface area contributed by atoms with Crippen LogP contribution in [-0.2, 0) is 0 Å². The summed E-state index contributed by atoms with van der Waals surface area (Å²) in [7, 11) is 1.33. The van der Waals surface area contributed by atoms with Gasteiger partial charge in [0.15, 0.2) is 11.6 Å². The summed E-state index contributed by atoms with van der Waals surface area (Å²) in [6.07, 6.45) is 3.33. The number of methoxy groups -OCH3 is 1. The van der Waals surface area contributed by atoms with E-state index in [4.69, 9.17) is 4.74 Å². The van der Waals surface area contributed by atoms with Crippen LogP contribution in [0.25, 0.3) is 0 Å². The summed E-state index contributed by atoms with van der Waals surface area (Å²) in [5, 5.41) is 5.15. The number of hydrogen-bond acceptors (Lipinski definition) is 3. The van der Waals surface area contributed by atoms with Crippen LogP contribution in [0.1, 0.15) is 19.3 Å². The van der Waals surface area contributed by atoms with Crippen molar-refractivity contribution in [3.05, 3.63) is 23.8 Å². The van der Waals surface area contributed by atoms with Crippen LogP contribution < -0.4 is 15.4 Å². The summed E-state index contributed by atoms with van der Waals surface area (Å²) in [4.78, 5) is 14.1. The molecule has 22 heavy (non-hydrogen) atoms. The highest BCUT2D eigenvalue weighted by atomic mass is 19.2. The van der Waals surface area contributed by atoms with Gasteiger partial charge in [-0.1, -0.05) is 0 Å². The predicted molar refractivity (Wildman–Crippen MR) is 80.2 cm³/mol. The number of nitrogens with zero attached hydrogens (tertiary/aromatic N) is 1. The molecule has 1 heterocycles. The largest absolute Gasteiger partial charge is 0.494 e. The van der Waals surface area contributed by atoms with Crippen molar-refractivity contribution in [3.63, 3.8) is 0 Å². The lowest BCUT2D eigenvalue weighted by Gasteiger charge is -2.15. The van der Waals surface area contributed by atoms with Gasteiger partial charge in [0.25, 0.3) is 0 Å². The molecule has 0 radical (unpaired) electrons. The number of halogens is 2. The topological polar surface area (TPSA) is 53.6 Å². The molecule has 5 nitrogen and oxygen atoms in total. The van der Waals surface area contributed by atoms with E-state index >= 15 is 0 Å². The van der Waals surface area contributed by atoms with Crippen molar-refractivity contribution in [2.75, 3.05) is 38.6 Å². The smallest absolute Gasteiger partial charge is 0.319 e. The van der Waals surface area contributed by atoms with E-state index in [0.29, 0.717) is 6.54 Å². The number of urea groups is 1. The maximum absolute atomic E-state index is 13.2. The minimum atomic E-state index is -1.04. The second-order valence-electron chi connectivity index (χ2n) is 5.25. The van der Waals surface area contributed by atoms with Crippen LogP contribution in [0.2, 0.25) is 0 Å². The maximum Gasteiger partial charge on any atom is 0.319 e. The van der Waals surface area contributed by atoms with Gasteiger partial charge in [-0.2, -0.15) is 0 Å². The summed E-state index contributed by atoms with van der Waals surface area (Å²) in [6, 6.07) is 1.33. The SMILES string of the molecule is COc1cc(F)c(F)cc1NC(=O)NCCCN1CCCC1. The molecule has 2 amide bonds. The van der Waals surface area contributed by atoms with Gasteiger partial charge in [0.2, 0.25) is 0 Å². The van der Waals surface area contributed by atoms with Crippen LogP contribution in [0.5, 0.6) is 5.75 Å². The summed E-state index contributed by atoms with van der Waals surface area (Å²) in [5.41, 5.74) is 0.0958. The number of carbonyl (C=O) groups excluding carboxylic acids is 1. The first-order valence-electron chi connectivity index (χ1n) is 7.40. The van der Waals surface area contributed by atoms with Gasteiger partial charge in [-0.25, -0.2) is 13.6 Å². The van der Waals surface area contributed by atoms with E-state index in [1.807, 2.05) is 0 Å². The molecule has 1 aliphatic heterocycles. The van der Waals surface area contributed by atoms with Crippen molar-refractivity contribution in [2.45, 2.75) is 19.3 Å². The van der Waals surface area contributed by atoms with Crippen molar-refractivity contribution in [1.82, 2.24) is 10.2 Å². The van der Waals surface area contributed by atoms with Crippen molar-refractivity contribution in [1.29, 1.82) is 0 Å². The standard InChI is InChI=1S/C15H21F2N3O2/c1-22-14-10-12(17)11(16)9-13(14)19-15(21)18-5-4-8-20-6-2-3-7-20/h9-10H,2-8H2,1H3,(H2,18,19,21). The van der Waals surface area contributed by atoms with Crippen LogP contribution in [0.4, 0.5) is 19.3 Å². The molecule has 1 fully saturated rings. The third-order valence-electron chi connectivity index (χ3n) is 3.63. The lowest BCUT2D eigenvalue weighted by Crippen LogP contribution is -2.32. The average molecular weight is 313 g/mol. The molecule has 1 aromatic rings. The van der Waals surface area contributed by atoms with Gasteiger partial charge in [-0.15, -0.1) is 0 Å². The van der Waals surface area contributed by atoms with Gasteiger partial charge >= 0.3 is 6.03 Å². The Morgan fingerprint density at radius 1 is 1.27 bits per heavy atom. The molecule has 0 atom stereocenters. The first-order valence-corrected chi connectivity index (χ1v) is 7.40. The Balaban J connectivity index is 1.77. The Hall–Kier alpha value is -1.89. The second kappa shape index (κ2) is 7.93. The van der Waals surface area contributed by atoms with Gasteiger partial charge < -0.3 is 20.3 Å². The number of anilines is 1. The zero-order valence-electron chi connectivity index (χ0n) is 12.6. The fraction of sp³-hybridized carbons (Fsp3) is 0.533. The van der Waals surface area contributed by atoms with Crippen LogP contribution >= 0.6 is 0 Å². The van der Waals surface area contributed by atoms with Gasteiger partial charge in [0.05, 0.1) is 12.8 Å². The number of likely N-dealkylation sites (tertiary alicyclic amines) is 1. The van der Waals surface area contributed by atoms with E-state index in [1.54, 1.807) is 0 Å². The lowest BCUT2D eigenvalue weighted by molar-refractivity contribution is 0.250. The molecule has 0 bridgehead atoms. The first kappa shape index (κ1) is 16.5. The van der Waals surface area contributed by atoms with Crippen LogP contribution in [-0.4, -0.2) is 44.2 Å². The Morgan fingerprint density at radius 2 is 1.95 bits per heavy atom. The van der Waals surface area contributed by atoms with Crippen LogP contribution in [0.3, 0.4) is 0 Å². The highest BCUT2D eigenvalue weighted by molar-refractivity contribution is 5.90. The fourth-order valence-corrected chi connectivity index (χ4v) is 2.47. The van der Waals surface area contributed by atoms with E-state index in [1.165, 1.54) is 20.0 Å². The second-order valence-corrected chi connectivity index (χ2v) is 5.25. The molecule has 0 aromatic heterocycles. The molecular weight excluding hydrogens is 292 g/mol. The number of benzene rings is 1. The van der Waals surface area contributed by atoms with Crippen LogP contribution in [0.15, 0.2) is 12.1 Å². The third-order valence-corrected chi connectivity index (χ3v) is 3.63. The van der Waals surface area contributed by atoms with E-state index < -0.39 is 17.7 Å². The molecule has 7 heteroatoms. The summed E-state index contributed by atoms with van der Waals surface area (Å²) >= 11 is 0. The zero-order chi connectivity index (χ0) is 15.9. The van der Waals surface area contributed by atoms with Gasteiger partial charge in [0, 0.05) is 18.7 Å². The Kier molecular flexibility index (Phi) is 5.94. The quantitative estimate of drug-likeness (QED) is 0.794. The highest BCUT2D eigenvalue weighted by Gasteiger charge is 2.13. The molecule has 2 rings (SSSR count). The van der Waals surface area contributed by atoms with E-state index in [0.717, 1.165) is 38.2 Å². The number of ether oxygens (including phenoxy) is 1. The molecule has 2 N–H and O–H groups in total. The first-order chi connectivity index (χ1) is 10.6. The van der Waals surface area contributed by atoms with Crippen LogP contribution in [0, 0.1) is 11.6 Å². The molecule has 0 unspecified atom stereocenters. The van der Waals surface area contributed by atoms with Crippen molar-refractivity contribution in [2.24, 2.45) is 0 Å². The van der Waals surface area contributed by atoms with Gasteiger partial charge in [-0.3, -0.25) is 0 Å². The Bertz CT molecular complexity index is 520. The van der Waals surface area contributed by atoms with Crippen molar-refractivity contribution < 1.29 is 18.3 Å². The number of amides is 2. The Labute approximate surface area is 128 Å². The molecule has 1 saturated heterocycles. The summed E-state index contributed by atoms with van der Waals surface area (Å²) in [5.74, 6) is -1.98. The average Bonchev–Trinajstić information content (AvgIpc) is 3.00. The number of carbonyl (C=O) groups is 1. The number of nitrogens with one attached hydrogen (secondary N) is 2. The molecule has 0 aliphatic carbocycles. The minimum absolute atomic E-state index is 0.0751. The maximum atomic E-state index is 13.2. The third kappa shape index (κ3) is 4.56. The predicted octanol–water partition coefficient (Wildman–Crippen LogP) is 2.58. The van der Waals surface area contributed by atoms with E-state index in [-0.39, 0.29) is 11.4 Å². The highest BCUT2D eigenvalue weighted by Crippen LogP contribution is 2.26. The fourth-order valence-electron chi connectivity index (χ4n) is 2.47. The minimum Gasteiger partial charge on any atom is -0.494 e. The summed E-state index contributed by atoms with van der Waals surface area (Å²) < 4.78 is 31.2. The normalized spacial score (nSPS) is 14.9.